The number of nitrogens with one attached hydrogen (secondary N) is 3. The summed E-state index contributed by atoms with van der Waals surface area (Å²) in [5.41, 5.74) is 1.93. The number of ether oxygens (including phenoxy) is 1. The van der Waals surface area contributed by atoms with E-state index in [2.05, 4.69) is 20.9 Å². The SMILES string of the molecule is CN=C(NCC(=O)NC(C)(C)C)NCc1ccc(C)c(OC)c1. The number of aliphatic imine (C=N–C) groups is 1. The Morgan fingerprint density at radius 1 is 1.26 bits per heavy atom. The third kappa shape index (κ3) is 7.04. The maximum atomic E-state index is 11.8. The van der Waals surface area contributed by atoms with Gasteiger partial charge in [0.05, 0.1) is 13.7 Å². The van der Waals surface area contributed by atoms with E-state index in [0.29, 0.717) is 12.5 Å². The van der Waals surface area contributed by atoms with E-state index in [0.717, 1.165) is 16.9 Å². The van der Waals surface area contributed by atoms with Crippen LogP contribution in [0.15, 0.2) is 23.2 Å². The van der Waals surface area contributed by atoms with Crippen molar-refractivity contribution in [2.75, 3.05) is 20.7 Å². The predicted molar refractivity (Wildman–Crippen MR) is 93.8 cm³/mol. The zero-order valence-electron chi connectivity index (χ0n) is 14.9. The molecule has 0 atom stereocenters. The largest absolute Gasteiger partial charge is 0.496 e. The van der Waals surface area contributed by atoms with Crippen molar-refractivity contribution >= 4 is 11.9 Å². The van der Waals surface area contributed by atoms with Crippen LogP contribution in [0.5, 0.6) is 5.75 Å². The van der Waals surface area contributed by atoms with Crippen LogP contribution in [0.2, 0.25) is 0 Å². The summed E-state index contributed by atoms with van der Waals surface area (Å²) in [6, 6.07) is 6.04. The zero-order chi connectivity index (χ0) is 17.5. The highest BCUT2D eigenvalue weighted by molar-refractivity contribution is 5.86. The molecule has 0 bridgehead atoms. The second-order valence-electron chi connectivity index (χ2n) is 6.38. The number of nitrogens with zero attached hydrogens (tertiary/aromatic N) is 1. The van der Waals surface area contributed by atoms with Crippen LogP contribution in [0.3, 0.4) is 0 Å². The van der Waals surface area contributed by atoms with Gasteiger partial charge in [-0.3, -0.25) is 9.79 Å². The lowest BCUT2D eigenvalue weighted by molar-refractivity contribution is -0.121. The first-order valence-corrected chi connectivity index (χ1v) is 7.64. The van der Waals surface area contributed by atoms with Gasteiger partial charge in [0.15, 0.2) is 5.96 Å². The molecular formula is C17H28N4O2. The predicted octanol–water partition coefficient (Wildman–Crippen LogP) is 1.58. The van der Waals surface area contributed by atoms with E-state index < -0.39 is 0 Å². The Labute approximate surface area is 138 Å². The smallest absolute Gasteiger partial charge is 0.239 e. The fourth-order valence-corrected chi connectivity index (χ4v) is 2.01. The summed E-state index contributed by atoms with van der Waals surface area (Å²) < 4.78 is 5.32. The van der Waals surface area contributed by atoms with Gasteiger partial charge >= 0.3 is 0 Å². The number of hydrogen-bond donors (Lipinski definition) is 3. The highest BCUT2D eigenvalue weighted by Gasteiger charge is 2.13. The second-order valence-corrected chi connectivity index (χ2v) is 6.38. The van der Waals surface area contributed by atoms with E-state index in [1.54, 1.807) is 14.2 Å². The molecule has 0 unspecified atom stereocenters. The molecule has 0 aliphatic carbocycles. The van der Waals surface area contributed by atoms with E-state index in [1.165, 1.54) is 0 Å². The van der Waals surface area contributed by atoms with E-state index >= 15 is 0 Å². The molecule has 1 rings (SSSR count). The molecule has 0 aliphatic rings. The number of amides is 1. The molecule has 128 valence electrons. The van der Waals surface area contributed by atoms with Gasteiger partial charge in [0.1, 0.15) is 5.75 Å². The fraction of sp³-hybridized carbons (Fsp3) is 0.529. The van der Waals surface area contributed by atoms with Crippen molar-refractivity contribution in [2.45, 2.75) is 39.8 Å². The van der Waals surface area contributed by atoms with Crippen molar-refractivity contribution in [3.8, 4) is 5.75 Å². The minimum atomic E-state index is -0.242. The molecule has 0 aliphatic heterocycles. The lowest BCUT2D eigenvalue weighted by Crippen LogP contribution is -2.48. The Balaban J connectivity index is 2.50. The minimum Gasteiger partial charge on any atom is -0.496 e. The van der Waals surface area contributed by atoms with Crippen molar-refractivity contribution in [3.05, 3.63) is 29.3 Å². The van der Waals surface area contributed by atoms with Crippen LogP contribution < -0.4 is 20.7 Å². The van der Waals surface area contributed by atoms with Gasteiger partial charge in [-0.15, -0.1) is 0 Å². The highest BCUT2D eigenvalue weighted by Crippen LogP contribution is 2.18. The van der Waals surface area contributed by atoms with Crippen LogP contribution in [-0.4, -0.2) is 38.1 Å². The summed E-state index contributed by atoms with van der Waals surface area (Å²) >= 11 is 0. The van der Waals surface area contributed by atoms with E-state index in [-0.39, 0.29) is 18.0 Å². The van der Waals surface area contributed by atoms with Crippen LogP contribution in [-0.2, 0) is 11.3 Å². The molecule has 1 aromatic rings. The third-order valence-electron chi connectivity index (χ3n) is 3.09. The molecule has 6 nitrogen and oxygen atoms in total. The molecule has 3 N–H and O–H groups in total. The molecule has 0 saturated carbocycles. The first kappa shape index (κ1) is 18.8. The summed E-state index contributed by atoms with van der Waals surface area (Å²) in [7, 11) is 3.33. The fourth-order valence-electron chi connectivity index (χ4n) is 2.01. The van der Waals surface area contributed by atoms with Gasteiger partial charge < -0.3 is 20.7 Å². The van der Waals surface area contributed by atoms with Crippen molar-refractivity contribution in [3.63, 3.8) is 0 Å². The standard InChI is InChI=1S/C17H28N4O2/c1-12-7-8-13(9-14(12)23-6)10-19-16(18-5)20-11-15(22)21-17(2,3)4/h7-9H,10-11H2,1-6H3,(H,21,22)(H2,18,19,20). The summed E-state index contributed by atoms with van der Waals surface area (Å²) in [6.45, 7) is 8.62. The van der Waals surface area contributed by atoms with Crippen LogP contribution in [0.1, 0.15) is 31.9 Å². The quantitative estimate of drug-likeness (QED) is 0.569. The summed E-state index contributed by atoms with van der Waals surface area (Å²) in [4.78, 5) is 15.9. The van der Waals surface area contributed by atoms with Gasteiger partial charge in [-0.1, -0.05) is 12.1 Å². The Bertz CT molecular complexity index is 562. The summed E-state index contributed by atoms with van der Waals surface area (Å²) in [5, 5.41) is 9.07. The third-order valence-corrected chi connectivity index (χ3v) is 3.09. The zero-order valence-corrected chi connectivity index (χ0v) is 14.9. The lowest BCUT2D eigenvalue weighted by atomic mass is 10.1. The Kier molecular flexibility index (Phi) is 6.88. The Hall–Kier alpha value is -2.24. The van der Waals surface area contributed by atoms with Gasteiger partial charge in [0.2, 0.25) is 5.91 Å². The first-order chi connectivity index (χ1) is 10.7. The Morgan fingerprint density at radius 2 is 1.96 bits per heavy atom. The first-order valence-electron chi connectivity index (χ1n) is 7.64. The minimum absolute atomic E-state index is 0.0718. The average molecular weight is 320 g/mol. The van der Waals surface area contributed by atoms with Gasteiger partial charge in [-0.2, -0.15) is 0 Å². The maximum Gasteiger partial charge on any atom is 0.239 e. The summed E-state index contributed by atoms with van der Waals surface area (Å²) in [5.74, 6) is 1.36. The highest BCUT2D eigenvalue weighted by atomic mass is 16.5. The molecule has 1 aromatic carbocycles. The number of methoxy groups -OCH3 is 1. The summed E-state index contributed by atoms with van der Waals surface area (Å²) in [6.07, 6.45) is 0. The van der Waals surface area contributed by atoms with Crippen molar-refractivity contribution < 1.29 is 9.53 Å². The van der Waals surface area contributed by atoms with Gasteiger partial charge in [0.25, 0.3) is 0 Å². The molecule has 0 spiro atoms. The van der Waals surface area contributed by atoms with Gasteiger partial charge in [-0.05, 0) is 44.9 Å². The number of carbonyl (C=O) groups is 1. The molecule has 0 aromatic heterocycles. The van der Waals surface area contributed by atoms with E-state index in [1.807, 2.05) is 45.9 Å². The van der Waals surface area contributed by atoms with E-state index in [9.17, 15) is 4.79 Å². The van der Waals surface area contributed by atoms with Crippen LogP contribution in [0.25, 0.3) is 0 Å². The number of hydrogen-bond acceptors (Lipinski definition) is 3. The van der Waals surface area contributed by atoms with Crippen LogP contribution >= 0.6 is 0 Å². The van der Waals surface area contributed by atoms with Crippen LogP contribution in [0, 0.1) is 6.92 Å². The molecule has 0 heterocycles. The second kappa shape index (κ2) is 8.41. The topological polar surface area (TPSA) is 74.8 Å². The van der Waals surface area contributed by atoms with E-state index in [4.69, 9.17) is 4.74 Å². The van der Waals surface area contributed by atoms with Crippen molar-refractivity contribution in [1.29, 1.82) is 0 Å². The molecule has 1 amide bonds. The maximum absolute atomic E-state index is 11.8. The monoisotopic (exact) mass is 320 g/mol. The number of rotatable bonds is 5. The molecular weight excluding hydrogens is 292 g/mol. The molecule has 0 radical (unpaired) electrons. The number of carbonyl (C=O) groups excluding carboxylic acids is 1. The Morgan fingerprint density at radius 3 is 2.52 bits per heavy atom. The molecule has 6 heteroatoms. The van der Waals surface area contributed by atoms with Crippen LogP contribution in [0.4, 0.5) is 0 Å². The molecule has 0 fully saturated rings. The van der Waals surface area contributed by atoms with Gasteiger partial charge in [0, 0.05) is 19.1 Å². The van der Waals surface area contributed by atoms with Crippen molar-refractivity contribution in [2.24, 2.45) is 4.99 Å². The molecule has 23 heavy (non-hydrogen) atoms. The lowest BCUT2D eigenvalue weighted by Gasteiger charge is -2.21. The van der Waals surface area contributed by atoms with Crippen molar-refractivity contribution in [1.82, 2.24) is 16.0 Å². The number of benzene rings is 1. The number of aryl methyl sites for hydroxylation is 1. The molecule has 0 saturated heterocycles. The normalized spacial score (nSPS) is 11.8. The number of guanidine groups is 1. The van der Waals surface area contributed by atoms with Gasteiger partial charge in [-0.25, -0.2) is 0 Å². The average Bonchev–Trinajstić information content (AvgIpc) is 2.47.